The van der Waals surface area contributed by atoms with Crippen LogP contribution >= 0.6 is 15.9 Å². The summed E-state index contributed by atoms with van der Waals surface area (Å²) in [4.78, 5) is 30.7. The van der Waals surface area contributed by atoms with Crippen molar-refractivity contribution in [2.75, 3.05) is 37.6 Å². The fraction of sp³-hybridized carbons (Fsp3) is 0.600. The molecule has 2 amide bonds. The maximum Gasteiger partial charge on any atom is 0.410 e. The standard InChI is InChI=1S/C20H27BrFN3O3/c1-13-11-23(7-8-24(13)19(27)28-20(2,3)4)12-18(26)25-6-5-14-9-16(22)15(21)10-17(14)25/h9-10,13H,5-8,11-12H2,1-4H3. The minimum atomic E-state index is -0.527. The van der Waals surface area contributed by atoms with Gasteiger partial charge in [-0.15, -0.1) is 0 Å². The molecule has 0 bridgehead atoms. The third-order valence-corrected chi connectivity index (χ3v) is 5.62. The van der Waals surface area contributed by atoms with Crippen molar-refractivity contribution < 1.29 is 18.7 Å². The predicted octanol–water partition coefficient (Wildman–Crippen LogP) is 3.42. The summed E-state index contributed by atoms with van der Waals surface area (Å²) in [7, 11) is 0. The molecule has 0 saturated carbocycles. The van der Waals surface area contributed by atoms with Gasteiger partial charge in [-0.25, -0.2) is 9.18 Å². The number of ether oxygens (including phenoxy) is 1. The van der Waals surface area contributed by atoms with Gasteiger partial charge in [-0.05, 0) is 67.7 Å². The number of carbonyl (C=O) groups excluding carboxylic acids is 2. The molecule has 0 aliphatic carbocycles. The molecule has 2 heterocycles. The molecular weight excluding hydrogens is 429 g/mol. The van der Waals surface area contributed by atoms with E-state index in [2.05, 4.69) is 20.8 Å². The van der Waals surface area contributed by atoms with E-state index < -0.39 is 5.60 Å². The van der Waals surface area contributed by atoms with Gasteiger partial charge in [0.05, 0.1) is 11.0 Å². The zero-order valence-electron chi connectivity index (χ0n) is 16.8. The summed E-state index contributed by atoms with van der Waals surface area (Å²) < 4.78 is 19.6. The first-order valence-electron chi connectivity index (χ1n) is 9.55. The van der Waals surface area contributed by atoms with Crippen LogP contribution in [-0.4, -0.2) is 66.2 Å². The second kappa shape index (κ2) is 7.99. The van der Waals surface area contributed by atoms with Crippen LogP contribution in [0.1, 0.15) is 33.3 Å². The Bertz CT molecular complexity index is 781. The van der Waals surface area contributed by atoms with E-state index in [-0.39, 0.29) is 30.4 Å². The summed E-state index contributed by atoms with van der Waals surface area (Å²) in [6, 6.07) is 3.14. The van der Waals surface area contributed by atoms with Gasteiger partial charge in [0.1, 0.15) is 11.4 Å². The van der Waals surface area contributed by atoms with E-state index >= 15 is 0 Å². The van der Waals surface area contributed by atoms with E-state index in [4.69, 9.17) is 4.74 Å². The number of hydrogen-bond donors (Lipinski definition) is 0. The minimum absolute atomic E-state index is 0.00447. The molecular formula is C20H27BrFN3O3. The molecule has 0 spiro atoms. The highest BCUT2D eigenvalue weighted by molar-refractivity contribution is 9.10. The molecule has 0 N–H and O–H groups in total. The number of anilines is 1. The van der Waals surface area contributed by atoms with Crippen LogP contribution in [0.15, 0.2) is 16.6 Å². The Hall–Kier alpha value is -1.67. The van der Waals surface area contributed by atoms with Crippen LogP contribution < -0.4 is 4.90 Å². The van der Waals surface area contributed by atoms with E-state index in [1.54, 1.807) is 15.9 Å². The van der Waals surface area contributed by atoms with Crippen molar-refractivity contribution in [2.24, 2.45) is 0 Å². The van der Waals surface area contributed by atoms with E-state index in [0.717, 1.165) is 11.3 Å². The fourth-order valence-corrected chi connectivity index (χ4v) is 4.02. The van der Waals surface area contributed by atoms with Crippen LogP contribution in [0.5, 0.6) is 0 Å². The van der Waals surface area contributed by atoms with Crippen LogP contribution in [0, 0.1) is 5.82 Å². The van der Waals surface area contributed by atoms with Gasteiger partial charge in [-0.2, -0.15) is 0 Å². The maximum absolute atomic E-state index is 13.7. The van der Waals surface area contributed by atoms with Crippen LogP contribution in [-0.2, 0) is 16.0 Å². The SMILES string of the molecule is CC1CN(CC(=O)N2CCc3cc(F)c(Br)cc32)CCN1C(=O)OC(C)(C)C. The Morgan fingerprint density at radius 1 is 1.25 bits per heavy atom. The van der Waals surface area contributed by atoms with E-state index in [9.17, 15) is 14.0 Å². The van der Waals surface area contributed by atoms with Gasteiger partial charge in [-0.1, -0.05) is 0 Å². The number of piperazine rings is 1. The summed E-state index contributed by atoms with van der Waals surface area (Å²) in [5, 5.41) is 0. The second-order valence-electron chi connectivity index (χ2n) is 8.45. The van der Waals surface area contributed by atoms with E-state index in [1.807, 2.05) is 27.7 Å². The van der Waals surface area contributed by atoms with Gasteiger partial charge in [0.15, 0.2) is 0 Å². The van der Waals surface area contributed by atoms with Crippen LogP contribution in [0.2, 0.25) is 0 Å². The van der Waals surface area contributed by atoms with Gasteiger partial charge >= 0.3 is 6.09 Å². The molecule has 1 aromatic rings. The molecule has 2 aliphatic heterocycles. The zero-order valence-corrected chi connectivity index (χ0v) is 18.4. The fourth-order valence-electron chi connectivity index (χ4n) is 3.69. The summed E-state index contributed by atoms with van der Waals surface area (Å²) in [6.45, 7) is 10.1. The summed E-state index contributed by atoms with van der Waals surface area (Å²) >= 11 is 3.20. The Morgan fingerprint density at radius 3 is 2.61 bits per heavy atom. The first-order chi connectivity index (χ1) is 13.0. The molecule has 2 aliphatic rings. The molecule has 1 aromatic carbocycles. The Balaban J connectivity index is 1.59. The lowest BCUT2D eigenvalue weighted by Crippen LogP contribution is -2.56. The van der Waals surface area contributed by atoms with Gasteiger partial charge in [0, 0.05) is 37.9 Å². The lowest BCUT2D eigenvalue weighted by molar-refractivity contribution is -0.120. The first kappa shape index (κ1) is 21.0. The van der Waals surface area contributed by atoms with Crippen molar-refractivity contribution in [3.05, 3.63) is 28.0 Å². The lowest BCUT2D eigenvalue weighted by atomic mass is 10.1. The molecule has 8 heteroatoms. The molecule has 1 saturated heterocycles. The Kier molecular flexibility index (Phi) is 6.00. The van der Waals surface area contributed by atoms with Crippen molar-refractivity contribution in [3.63, 3.8) is 0 Å². The van der Waals surface area contributed by atoms with E-state index in [1.165, 1.54) is 6.07 Å². The predicted molar refractivity (Wildman–Crippen MR) is 109 cm³/mol. The van der Waals surface area contributed by atoms with Gasteiger partial charge < -0.3 is 14.5 Å². The highest BCUT2D eigenvalue weighted by atomic mass is 79.9. The summed E-state index contributed by atoms with van der Waals surface area (Å²) in [5.74, 6) is -0.310. The van der Waals surface area contributed by atoms with Crippen molar-refractivity contribution in [2.45, 2.75) is 45.8 Å². The number of fused-ring (bicyclic) bond motifs is 1. The topological polar surface area (TPSA) is 53.1 Å². The minimum Gasteiger partial charge on any atom is -0.444 e. The van der Waals surface area contributed by atoms with Crippen molar-refractivity contribution in [3.8, 4) is 0 Å². The molecule has 6 nitrogen and oxygen atoms in total. The molecule has 1 atom stereocenters. The van der Waals surface area contributed by atoms with Crippen LogP contribution in [0.4, 0.5) is 14.9 Å². The molecule has 28 heavy (non-hydrogen) atoms. The molecule has 1 unspecified atom stereocenters. The number of hydrogen-bond acceptors (Lipinski definition) is 4. The molecule has 0 radical (unpaired) electrons. The number of carbonyl (C=O) groups is 2. The average Bonchev–Trinajstić information content (AvgIpc) is 2.96. The summed E-state index contributed by atoms with van der Waals surface area (Å²) in [5.41, 5.74) is 1.11. The number of nitrogens with zero attached hydrogens (tertiary/aromatic N) is 3. The molecule has 154 valence electrons. The highest BCUT2D eigenvalue weighted by Crippen LogP contribution is 2.33. The van der Waals surface area contributed by atoms with E-state index in [0.29, 0.717) is 37.1 Å². The lowest BCUT2D eigenvalue weighted by Gasteiger charge is -2.40. The normalized spacial score (nSPS) is 20.3. The van der Waals surface area contributed by atoms with Crippen LogP contribution in [0.3, 0.4) is 0 Å². The number of benzene rings is 1. The monoisotopic (exact) mass is 455 g/mol. The van der Waals surface area contributed by atoms with Crippen molar-refractivity contribution >= 4 is 33.6 Å². The average molecular weight is 456 g/mol. The number of amides is 2. The Morgan fingerprint density at radius 2 is 1.96 bits per heavy atom. The van der Waals surface area contributed by atoms with Gasteiger partial charge in [-0.3, -0.25) is 9.69 Å². The molecule has 3 rings (SSSR count). The summed E-state index contributed by atoms with van der Waals surface area (Å²) in [6.07, 6.45) is 0.347. The smallest absolute Gasteiger partial charge is 0.410 e. The first-order valence-corrected chi connectivity index (χ1v) is 10.3. The van der Waals surface area contributed by atoms with Crippen LogP contribution in [0.25, 0.3) is 0 Å². The van der Waals surface area contributed by atoms with Crippen molar-refractivity contribution in [1.29, 1.82) is 0 Å². The zero-order chi connectivity index (χ0) is 20.6. The number of halogens is 2. The molecule has 0 aromatic heterocycles. The molecule has 1 fully saturated rings. The quantitative estimate of drug-likeness (QED) is 0.685. The number of rotatable bonds is 2. The largest absolute Gasteiger partial charge is 0.444 e. The van der Waals surface area contributed by atoms with Gasteiger partial charge in [0.2, 0.25) is 5.91 Å². The van der Waals surface area contributed by atoms with Gasteiger partial charge in [0.25, 0.3) is 0 Å². The third kappa shape index (κ3) is 4.66. The van der Waals surface area contributed by atoms with Crippen molar-refractivity contribution in [1.82, 2.24) is 9.80 Å². The highest BCUT2D eigenvalue weighted by Gasteiger charge is 2.33. The third-order valence-electron chi connectivity index (χ3n) is 5.02. The maximum atomic E-state index is 13.7. The Labute approximate surface area is 173 Å². The second-order valence-corrected chi connectivity index (χ2v) is 9.30.